The molecule has 0 unspecified atom stereocenters. The maximum absolute atomic E-state index is 12.2. The van der Waals surface area contributed by atoms with Gasteiger partial charge in [0.2, 0.25) is 5.78 Å². The van der Waals surface area contributed by atoms with Gasteiger partial charge in [0.25, 0.3) is 0 Å². The monoisotopic (exact) mass is 302 g/mol. The molecule has 0 aliphatic heterocycles. The number of fused-ring (bicyclic) bond motifs is 3. The van der Waals surface area contributed by atoms with Crippen molar-refractivity contribution in [3.8, 4) is 0 Å². The number of carbonyl (C=O) groups is 2. The van der Waals surface area contributed by atoms with E-state index in [1.54, 1.807) is 6.08 Å². The summed E-state index contributed by atoms with van der Waals surface area (Å²) in [5, 5.41) is 21.8. The third kappa shape index (κ3) is 1.80. The summed E-state index contributed by atoms with van der Waals surface area (Å²) in [7, 11) is 0. The number of carbonyl (C=O) groups excluding carboxylic acids is 2. The Labute approximate surface area is 130 Å². The average molecular weight is 302 g/mol. The minimum atomic E-state index is -1.09. The standard InChI is InChI=1S/C18H22O4/c1-3-7-17-10-13(19)6-8-18(17,22)11(2)9-12-4-5-14(20)16(21)15(12)17/h4-5,9,11,21-22H,3,6-8,10H2,1-2H3/t11-,17-,18-/m1/s1. The molecule has 0 amide bonds. The summed E-state index contributed by atoms with van der Waals surface area (Å²) >= 11 is 0. The van der Waals surface area contributed by atoms with Gasteiger partial charge in [0.15, 0.2) is 5.76 Å². The van der Waals surface area contributed by atoms with Crippen molar-refractivity contribution in [2.24, 2.45) is 11.3 Å². The van der Waals surface area contributed by atoms with Crippen LogP contribution >= 0.6 is 0 Å². The first-order valence-corrected chi connectivity index (χ1v) is 7.98. The van der Waals surface area contributed by atoms with Crippen LogP contribution in [0.3, 0.4) is 0 Å². The number of allylic oxidation sites excluding steroid dienone is 3. The van der Waals surface area contributed by atoms with Gasteiger partial charge in [-0.15, -0.1) is 0 Å². The molecule has 22 heavy (non-hydrogen) atoms. The summed E-state index contributed by atoms with van der Waals surface area (Å²) in [4.78, 5) is 24.1. The number of ketones is 2. The smallest absolute Gasteiger partial charge is 0.220 e. The highest BCUT2D eigenvalue weighted by Gasteiger charge is 2.61. The predicted molar refractivity (Wildman–Crippen MR) is 82.2 cm³/mol. The van der Waals surface area contributed by atoms with Gasteiger partial charge in [0, 0.05) is 29.7 Å². The third-order valence-corrected chi connectivity index (χ3v) is 5.62. The molecule has 3 aliphatic carbocycles. The van der Waals surface area contributed by atoms with Crippen molar-refractivity contribution in [1.29, 1.82) is 0 Å². The average Bonchev–Trinajstić information content (AvgIpc) is 2.46. The highest BCUT2D eigenvalue weighted by molar-refractivity contribution is 6.05. The molecule has 118 valence electrons. The van der Waals surface area contributed by atoms with E-state index in [1.807, 2.05) is 19.9 Å². The van der Waals surface area contributed by atoms with Crippen LogP contribution in [0.5, 0.6) is 0 Å². The van der Waals surface area contributed by atoms with Crippen molar-refractivity contribution in [2.75, 3.05) is 0 Å². The van der Waals surface area contributed by atoms with Crippen LogP contribution < -0.4 is 0 Å². The molecule has 3 rings (SSSR count). The minimum Gasteiger partial charge on any atom is -0.504 e. The van der Waals surface area contributed by atoms with Gasteiger partial charge in [-0.2, -0.15) is 0 Å². The van der Waals surface area contributed by atoms with Crippen LogP contribution in [0, 0.1) is 11.3 Å². The highest BCUT2D eigenvalue weighted by Crippen LogP contribution is 2.60. The fraction of sp³-hybridized carbons (Fsp3) is 0.556. The quantitative estimate of drug-likeness (QED) is 0.822. The topological polar surface area (TPSA) is 74.6 Å². The van der Waals surface area contributed by atoms with Gasteiger partial charge in [-0.05, 0) is 24.5 Å². The van der Waals surface area contributed by atoms with Crippen LogP contribution in [0.25, 0.3) is 0 Å². The molecule has 4 heteroatoms. The lowest BCUT2D eigenvalue weighted by molar-refractivity contribution is -0.152. The lowest BCUT2D eigenvalue weighted by Crippen LogP contribution is -2.59. The molecule has 1 saturated carbocycles. The van der Waals surface area contributed by atoms with Crippen LogP contribution in [0.15, 0.2) is 35.1 Å². The Morgan fingerprint density at radius 2 is 2.05 bits per heavy atom. The first-order chi connectivity index (χ1) is 10.4. The lowest BCUT2D eigenvalue weighted by Gasteiger charge is -2.57. The molecule has 2 N–H and O–H groups in total. The van der Waals surface area contributed by atoms with Crippen molar-refractivity contribution >= 4 is 11.6 Å². The van der Waals surface area contributed by atoms with Crippen molar-refractivity contribution in [3.05, 3.63) is 35.1 Å². The number of hydrogen-bond acceptors (Lipinski definition) is 4. The minimum absolute atomic E-state index is 0.0916. The zero-order chi connectivity index (χ0) is 16.1. The van der Waals surface area contributed by atoms with E-state index in [4.69, 9.17) is 0 Å². The van der Waals surface area contributed by atoms with Crippen LogP contribution in [0.1, 0.15) is 46.0 Å². The molecule has 0 aromatic rings. The van der Waals surface area contributed by atoms with Crippen molar-refractivity contribution in [2.45, 2.75) is 51.6 Å². The van der Waals surface area contributed by atoms with E-state index in [9.17, 15) is 19.8 Å². The largest absolute Gasteiger partial charge is 0.504 e. The maximum Gasteiger partial charge on any atom is 0.220 e. The van der Waals surface area contributed by atoms with Crippen LogP contribution in [-0.2, 0) is 9.59 Å². The number of aliphatic hydroxyl groups excluding tert-OH is 1. The molecule has 4 nitrogen and oxygen atoms in total. The molecule has 0 spiro atoms. The SMILES string of the molecule is CCC[C@]12CC(=O)CC[C@@]1(O)[C@H](C)C=C1C=CC(=O)C(O)=C12. The molecule has 0 bridgehead atoms. The van der Waals surface area contributed by atoms with E-state index in [2.05, 4.69) is 0 Å². The van der Waals surface area contributed by atoms with Gasteiger partial charge in [-0.25, -0.2) is 0 Å². The number of aliphatic hydroxyl groups is 2. The molecule has 0 aromatic carbocycles. The first-order valence-electron chi connectivity index (χ1n) is 7.98. The Kier molecular flexibility index (Phi) is 3.40. The van der Waals surface area contributed by atoms with Gasteiger partial charge in [-0.3, -0.25) is 9.59 Å². The summed E-state index contributed by atoms with van der Waals surface area (Å²) < 4.78 is 0. The zero-order valence-corrected chi connectivity index (χ0v) is 13.1. The Balaban J connectivity index is 2.30. The van der Waals surface area contributed by atoms with Gasteiger partial charge < -0.3 is 10.2 Å². The van der Waals surface area contributed by atoms with Gasteiger partial charge >= 0.3 is 0 Å². The van der Waals surface area contributed by atoms with E-state index in [1.165, 1.54) is 6.08 Å². The number of hydrogen-bond donors (Lipinski definition) is 2. The van der Waals surface area contributed by atoms with Gasteiger partial charge in [0.1, 0.15) is 5.78 Å². The maximum atomic E-state index is 12.2. The summed E-state index contributed by atoms with van der Waals surface area (Å²) in [6.07, 6.45) is 7.24. The molecular formula is C18H22O4. The molecule has 0 radical (unpaired) electrons. The van der Waals surface area contributed by atoms with E-state index in [-0.39, 0.29) is 23.9 Å². The molecule has 0 saturated heterocycles. The van der Waals surface area contributed by atoms with Crippen molar-refractivity contribution in [3.63, 3.8) is 0 Å². The second kappa shape index (κ2) is 4.92. The predicted octanol–water partition coefficient (Wildman–Crippen LogP) is 2.78. The molecule has 3 atom stereocenters. The number of rotatable bonds is 2. The summed E-state index contributed by atoms with van der Waals surface area (Å²) in [5.74, 6) is -0.787. The Morgan fingerprint density at radius 3 is 2.73 bits per heavy atom. The van der Waals surface area contributed by atoms with E-state index < -0.39 is 16.8 Å². The molecular weight excluding hydrogens is 280 g/mol. The van der Waals surface area contributed by atoms with Crippen LogP contribution in [-0.4, -0.2) is 27.4 Å². The zero-order valence-electron chi connectivity index (χ0n) is 13.1. The normalized spacial score (nSPS) is 37.8. The Hall–Kier alpha value is -1.68. The molecule has 0 aromatic heterocycles. The van der Waals surface area contributed by atoms with E-state index >= 15 is 0 Å². The van der Waals surface area contributed by atoms with Crippen LogP contribution in [0.2, 0.25) is 0 Å². The number of Topliss-reactive ketones (excluding diaryl/α,β-unsaturated/α-hetero) is 1. The summed E-state index contributed by atoms with van der Waals surface area (Å²) in [6.45, 7) is 3.94. The molecule has 0 heterocycles. The molecule has 1 fully saturated rings. The van der Waals surface area contributed by atoms with Crippen molar-refractivity contribution < 1.29 is 19.8 Å². The van der Waals surface area contributed by atoms with Crippen LogP contribution in [0.4, 0.5) is 0 Å². The Bertz CT molecular complexity index is 639. The summed E-state index contributed by atoms with van der Waals surface area (Å²) in [5.41, 5.74) is -0.687. The molecule has 3 aliphatic rings. The second-order valence-corrected chi connectivity index (χ2v) is 6.80. The lowest BCUT2D eigenvalue weighted by atomic mass is 9.49. The fourth-order valence-corrected chi connectivity index (χ4v) is 4.61. The third-order valence-electron chi connectivity index (χ3n) is 5.62. The van der Waals surface area contributed by atoms with Gasteiger partial charge in [0.05, 0.1) is 5.60 Å². The van der Waals surface area contributed by atoms with E-state index in [0.717, 1.165) is 12.0 Å². The van der Waals surface area contributed by atoms with E-state index in [0.29, 0.717) is 24.8 Å². The second-order valence-electron chi connectivity index (χ2n) is 6.80. The van der Waals surface area contributed by atoms with Crippen molar-refractivity contribution in [1.82, 2.24) is 0 Å². The fourth-order valence-electron chi connectivity index (χ4n) is 4.61. The first kappa shape index (κ1) is 15.2. The van der Waals surface area contributed by atoms with Gasteiger partial charge in [-0.1, -0.05) is 32.4 Å². The highest BCUT2D eigenvalue weighted by atomic mass is 16.3. The summed E-state index contributed by atoms with van der Waals surface area (Å²) in [6, 6.07) is 0. The Morgan fingerprint density at radius 1 is 1.32 bits per heavy atom.